The molecule has 2 N–H and O–H groups in total. The number of carboxylic acids is 1. The Bertz CT molecular complexity index is 219. The van der Waals surface area contributed by atoms with Gasteiger partial charge in [-0.2, -0.15) is 0 Å². The first-order valence-corrected chi connectivity index (χ1v) is 6.67. The van der Waals surface area contributed by atoms with Crippen LogP contribution in [-0.4, -0.2) is 34.5 Å². The summed E-state index contributed by atoms with van der Waals surface area (Å²) < 4.78 is 0. The topological polar surface area (TPSA) is 66.4 Å². The zero-order valence-corrected chi connectivity index (χ0v) is 10.8. The van der Waals surface area contributed by atoms with Crippen LogP contribution in [0.5, 0.6) is 0 Å². The fraction of sp³-hybridized carbons (Fsp3) is 0.818. The molecular weight excluding hydrogens is 226 g/mol. The van der Waals surface area contributed by atoms with Crippen molar-refractivity contribution in [3.63, 3.8) is 0 Å². The molecule has 0 heterocycles. The lowest BCUT2D eigenvalue weighted by molar-refractivity contribution is -0.137. The van der Waals surface area contributed by atoms with E-state index in [0.29, 0.717) is 24.0 Å². The standard InChI is InChI=1S/C11H21NO3S/c1-9(2)16-8-10(13)12-7-5-3-4-6-11(14)15/h9H,3-8H2,1-2H3,(H,12,13)(H,14,15). The lowest BCUT2D eigenvalue weighted by Gasteiger charge is -2.06. The summed E-state index contributed by atoms with van der Waals surface area (Å²) in [6, 6.07) is 0. The molecule has 0 spiro atoms. The van der Waals surface area contributed by atoms with E-state index in [0.717, 1.165) is 12.8 Å². The SMILES string of the molecule is CC(C)SCC(=O)NCCCCCC(=O)O. The van der Waals surface area contributed by atoms with Crippen molar-refractivity contribution in [3.05, 3.63) is 0 Å². The van der Waals surface area contributed by atoms with Crippen molar-refractivity contribution < 1.29 is 14.7 Å². The first-order chi connectivity index (χ1) is 7.52. The maximum atomic E-state index is 11.3. The van der Waals surface area contributed by atoms with E-state index in [9.17, 15) is 9.59 Å². The Morgan fingerprint density at radius 1 is 1.25 bits per heavy atom. The summed E-state index contributed by atoms with van der Waals surface area (Å²) in [4.78, 5) is 21.5. The number of hydrogen-bond acceptors (Lipinski definition) is 3. The molecule has 0 rings (SSSR count). The molecule has 0 aliphatic heterocycles. The average molecular weight is 247 g/mol. The molecule has 5 heteroatoms. The van der Waals surface area contributed by atoms with Crippen LogP contribution >= 0.6 is 11.8 Å². The van der Waals surface area contributed by atoms with Gasteiger partial charge in [0.15, 0.2) is 0 Å². The fourth-order valence-corrected chi connectivity index (χ4v) is 1.69. The molecule has 0 radical (unpaired) electrons. The van der Waals surface area contributed by atoms with E-state index in [2.05, 4.69) is 19.2 Å². The molecule has 0 aliphatic carbocycles. The van der Waals surface area contributed by atoms with Crippen molar-refractivity contribution in [1.82, 2.24) is 5.32 Å². The maximum Gasteiger partial charge on any atom is 0.303 e. The highest BCUT2D eigenvalue weighted by Gasteiger charge is 2.02. The van der Waals surface area contributed by atoms with Gasteiger partial charge in [-0.3, -0.25) is 9.59 Å². The van der Waals surface area contributed by atoms with Crippen LogP contribution in [0.2, 0.25) is 0 Å². The normalized spacial score (nSPS) is 10.4. The Labute approximate surface area is 101 Å². The highest BCUT2D eigenvalue weighted by Crippen LogP contribution is 2.07. The minimum atomic E-state index is -0.752. The molecular formula is C11H21NO3S. The predicted molar refractivity (Wildman–Crippen MR) is 66.7 cm³/mol. The van der Waals surface area contributed by atoms with Crippen molar-refractivity contribution >= 4 is 23.6 Å². The van der Waals surface area contributed by atoms with Gasteiger partial charge in [0.2, 0.25) is 5.91 Å². The molecule has 0 aliphatic rings. The second-order valence-electron chi connectivity index (χ2n) is 3.91. The van der Waals surface area contributed by atoms with E-state index in [1.165, 1.54) is 0 Å². The molecule has 16 heavy (non-hydrogen) atoms. The molecule has 0 fully saturated rings. The number of carbonyl (C=O) groups excluding carboxylic acids is 1. The van der Waals surface area contributed by atoms with Gasteiger partial charge in [0.05, 0.1) is 5.75 Å². The largest absolute Gasteiger partial charge is 0.481 e. The molecule has 94 valence electrons. The number of thioether (sulfide) groups is 1. The van der Waals surface area contributed by atoms with Gasteiger partial charge >= 0.3 is 5.97 Å². The number of carbonyl (C=O) groups is 2. The van der Waals surface area contributed by atoms with E-state index in [1.54, 1.807) is 11.8 Å². The van der Waals surface area contributed by atoms with Gasteiger partial charge in [-0.05, 0) is 18.1 Å². The number of amides is 1. The third-order valence-electron chi connectivity index (χ3n) is 1.94. The quantitative estimate of drug-likeness (QED) is 0.611. The first-order valence-electron chi connectivity index (χ1n) is 5.62. The maximum absolute atomic E-state index is 11.3. The number of unbranched alkanes of at least 4 members (excludes halogenated alkanes) is 2. The van der Waals surface area contributed by atoms with Crippen LogP contribution in [0.25, 0.3) is 0 Å². The predicted octanol–water partition coefficient (Wildman–Crippen LogP) is 1.89. The zero-order chi connectivity index (χ0) is 12.4. The minimum Gasteiger partial charge on any atom is -0.481 e. The zero-order valence-electron chi connectivity index (χ0n) is 9.99. The monoisotopic (exact) mass is 247 g/mol. The third kappa shape index (κ3) is 11.4. The fourth-order valence-electron chi connectivity index (χ4n) is 1.10. The molecule has 0 aromatic rings. The Morgan fingerprint density at radius 3 is 2.50 bits per heavy atom. The van der Waals surface area contributed by atoms with Crippen LogP contribution in [0, 0.1) is 0 Å². The van der Waals surface area contributed by atoms with Crippen molar-refractivity contribution in [2.45, 2.75) is 44.8 Å². The van der Waals surface area contributed by atoms with Crippen molar-refractivity contribution in [3.8, 4) is 0 Å². The molecule has 0 aromatic heterocycles. The number of carboxylic acid groups (broad SMARTS) is 1. The molecule has 0 atom stereocenters. The lowest BCUT2D eigenvalue weighted by atomic mass is 10.2. The molecule has 1 amide bonds. The number of rotatable bonds is 9. The van der Waals surface area contributed by atoms with Gasteiger partial charge in [0, 0.05) is 13.0 Å². The van der Waals surface area contributed by atoms with Crippen molar-refractivity contribution in [1.29, 1.82) is 0 Å². The minimum absolute atomic E-state index is 0.0666. The highest BCUT2D eigenvalue weighted by atomic mass is 32.2. The van der Waals surface area contributed by atoms with Crippen LogP contribution in [0.4, 0.5) is 0 Å². The summed E-state index contributed by atoms with van der Waals surface area (Å²) in [5, 5.41) is 11.7. The van der Waals surface area contributed by atoms with Gasteiger partial charge < -0.3 is 10.4 Å². The summed E-state index contributed by atoms with van der Waals surface area (Å²) >= 11 is 1.62. The van der Waals surface area contributed by atoms with E-state index >= 15 is 0 Å². The summed E-state index contributed by atoms with van der Waals surface area (Å²) in [6.07, 6.45) is 2.61. The van der Waals surface area contributed by atoms with Crippen LogP contribution in [0.15, 0.2) is 0 Å². The summed E-state index contributed by atoms with van der Waals surface area (Å²) in [6.45, 7) is 4.77. The van der Waals surface area contributed by atoms with Gasteiger partial charge in [0.1, 0.15) is 0 Å². The first kappa shape index (κ1) is 15.3. The number of nitrogens with one attached hydrogen (secondary N) is 1. The van der Waals surface area contributed by atoms with Crippen molar-refractivity contribution in [2.24, 2.45) is 0 Å². The summed E-state index contributed by atoms with van der Waals surface area (Å²) in [7, 11) is 0. The molecule has 4 nitrogen and oxygen atoms in total. The number of hydrogen-bond donors (Lipinski definition) is 2. The molecule has 0 unspecified atom stereocenters. The smallest absolute Gasteiger partial charge is 0.303 e. The van der Waals surface area contributed by atoms with Crippen LogP contribution in [0.3, 0.4) is 0 Å². The molecule has 0 aromatic carbocycles. The van der Waals surface area contributed by atoms with E-state index in [1.807, 2.05) is 0 Å². The Balaban J connectivity index is 3.24. The second kappa shape index (κ2) is 9.51. The van der Waals surface area contributed by atoms with E-state index in [4.69, 9.17) is 5.11 Å². The lowest BCUT2D eigenvalue weighted by Crippen LogP contribution is -2.26. The summed E-state index contributed by atoms with van der Waals surface area (Å²) in [5.41, 5.74) is 0. The van der Waals surface area contributed by atoms with Gasteiger partial charge in [-0.1, -0.05) is 20.3 Å². The van der Waals surface area contributed by atoms with Gasteiger partial charge in [0.25, 0.3) is 0 Å². The number of aliphatic carboxylic acids is 1. The van der Waals surface area contributed by atoms with E-state index < -0.39 is 5.97 Å². The Kier molecular flexibility index (Phi) is 9.09. The van der Waals surface area contributed by atoms with E-state index in [-0.39, 0.29) is 12.3 Å². The molecule has 0 saturated carbocycles. The Hall–Kier alpha value is -0.710. The van der Waals surface area contributed by atoms with Crippen LogP contribution in [0.1, 0.15) is 39.5 Å². The molecule has 0 bridgehead atoms. The van der Waals surface area contributed by atoms with Crippen LogP contribution < -0.4 is 5.32 Å². The third-order valence-corrected chi connectivity index (χ3v) is 3.03. The second-order valence-corrected chi connectivity index (χ2v) is 5.48. The van der Waals surface area contributed by atoms with Crippen LogP contribution in [-0.2, 0) is 9.59 Å². The average Bonchev–Trinajstić information content (AvgIpc) is 2.19. The van der Waals surface area contributed by atoms with Gasteiger partial charge in [-0.15, -0.1) is 11.8 Å². The molecule has 0 saturated heterocycles. The summed E-state index contributed by atoms with van der Waals surface area (Å²) in [5.74, 6) is -0.179. The van der Waals surface area contributed by atoms with Gasteiger partial charge in [-0.25, -0.2) is 0 Å². The highest BCUT2D eigenvalue weighted by molar-refractivity contribution is 8.00. The Morgan fingerprint density at radius 2 is 1.94 bits per heavy atom. The van der Waals surface area contributed by atoms with Crippen molar-refractivity contribution in [2.75, 3.05) is 12.3 Å².